The van der Waals surface area contributed by atoms with Gasteiger partial charge in [-0.1, -0.05) is 12.1 Å². The van der Waals surface area contributed by atoms with Gasteiger partial charge in [0.05, 0.1) is 7.11 Å². The lowest BCUT2D eigenvalue weighted by atomic mass is 9.92. The van der Waals surface area contributed by atoms with Crippen molar-refractivity contribution in [3.05, 3.63) is 29.8 Å². The van der Waals surface area contributed by atoms with Gasteiger partial charge < -0.3 is 14.7 Å². The number of hydrogen-bond acceptors (Lipinski definition) is 3. The van der Waals surface area contributed by atoms with Gasteiger partial charge in [0, 0.05) is 45.9 Å². The number of phenols is 1. The zero-order chi connectivity index (χ0) is 16.9. The van der Waals surface area contributed by atoms with Crippen LogP contribution in [-0.2, 0) is 0 Å². The lowest BCUT2D eigenvalue weighted by Gasteiger charge is -2.35. The molecule has 0 radical (unpaired) electrons. The number of nitrogens with zero attached hydrogens (tertiary/aromatic N) is 1. The van der Waals surface area contributed by atoms with Crippen molar-refractivity contribution in [1.29, 1.82) is 0 Å². The van der Waals surface area contributed by atoms with Gasteiger partial charge in [-0.3, -0.25) is 0 Å². The van der Waals surface area contributed by atoms with Crippen molar-refractivity contribution in [1.82, 2.24) is 0 Å². The molecule has 0 amide bonds. The molecule has 0 spiro atoms. The molecule has 0 bridgehead atoms. The molecule has 0 saturated heterocycles. The summed E-state index contributed by atoms with van der Waals surface area (Å²) in [7, 11) is 1.67. The average molecular weight is 334 g/mol. The number of benzene rings is 2. The fourth-order valence-corrected chi connectivity index (χ4v) is 3.81. The summed E-state index contributed by atoms with van der Waals surface area (Å²) in [5, 5.41) is 12.3. The molecule has 4 heteroatoms. The van der Waals surface area contributed by atoms with Crippen LogP contribution in [0.1, 0.15) is 39.2 Å². The summed E-state index contributed by atoms with van der Waals surface area (Å²) in [6.07, 6.45) is 0. The van der Waals surface area contributed by atoms with Crippen LogP contribution in [0.25, 0.3) is 10.8 Å². The molecule has 3 nitrogen and oxygen atoms in total. The van der Waals surface area contributed by atoms with Gasteiger partial charge in [-0.2, -0.15) is 0 Å². The van der Waals surface area contributed by atoms with Crippen LogP contribution in [0.4, 0.5) is 5.69 Å². The number of alkyl halides is 1. The minimum Gasteiger partial charge on any atom is -0.507 e. The number of ether oxygens (including phenoxy) is 1. The summed E-state index contributed by atoms with van der Waals surface area (Å²) in [5.74, 6) is 1.27. The summed E-state index contributed by atoms with van der Waals surface area (Å²) in [6, 6.07) is 7.66. The van der Waals surface area contributed by atoms with E-state index in [0.29, 0.717) is 0 Å². The minimum absolute atomic E-state index is 0.00115. The fraction of sp³-hybridized carbons (Fsp3) is 0.474. The Kier molecular flexibility index (Phi) is 3.88. The first kappa shape index (κ1) is 16.3. The third-order valence-corrected chi connectivity index (χ3v) is 5.05. The van der Waals surface area contributed by atoms with Gasteiger partial charge >= 0.3 is 0 Å². The molecule has 3 rings (SSSR count). The molecule has 2 unspecified atom stereocenters. The Morgan fingerprint density at radius 3 is 2.61 bits per heavy atom. The first-order valence-electron chi connectivity index (χ1n) is 8.00. The number of phenolic OH excluding ortho intramolecular Hbond substituents is 1. The van der Waals surface area contributed by atoms with Crippen molar-refractivity contribution in [2.24, 2.45) is 0 Å². The molecule has 23 heavy (non-hydrogen) atoms. The first-order valence-corrected chi connectivity index (χ1v) is 8.43. The van der Waals surface area contributed by atoms with Crippen molar-refractivity contribution in [3.8, 4) is 11.5 Å². The lowest BCUT2D eigenvalue weighted by molar-refractivity contribution is 0.419. The summed E-state index contributed by atoms with van der Waals surface area (Å²) < 4.78 is 5.58. The van der Waals surface area contributed by atoms with E-state index < -0.39 is 0 Å². The van der Waals surface area contributed by atoms with Crippen LogP contribution < -0.4 is 9.64 Å². The van der Waals surface area contributed by atoms with Crippen LogP contribution in [-0.4, -0.2) is 29.7 Å². The molecule has 0 aliphatic carbocycles. The van der Waals surface area contributed by atoms with E-state index in [-0.39, 0.29) is 22.6 Å². The summed E-state index contributed by atoms with van der Waals surface area (Å²) in [5.41, 5.74) is 2.20. The Bertz CT molecular complexity index is 749. The van der Waals surface area contributed by atoms with Crippen molar-refractivity contribution in [2.75, 3.05) is 18.6 Å². The van der Waals surface area contributed by atoms with Crippen LogP contribution in [0.2, 0.25) is 0 Å². The maximum Gasteiger partial charge on any atom is 0.127 e. The van der Waals surface area contributed by atoms with E-state index in [0.717, 1.165) is 28.8 Å². The average Bonchev–Trinajstić information content (AvgIpc) is 2.86. The number of hydrogen-bond donors (Lipinski definition) is 1. The molecule has 1 heterocycles. The predicted octanol–water partition coefficient (Wildman–Crippen LogP) is 4.88. The Morgan fingerprint density at radius 2 is 2.04 bits per heavy atom. The lowest BCUT2D eigenvalue weighted by Crippen LogP contribution is -2.41. The van der Waals surface area contributed by atoms with Gasteiger partial charge in [-0.15, -0.1) is 11.6 Å². The molecule has 0 saturated carbocycles. The highest BCUT2D eigenvalue weighted by molar-refractivity contribution is 6.21. The normalized spacial score (nSPS) is 19.0. The molecule has 1 aliphatic rings. The standard InChI is InChI=1S/C19H24ClNO2/c1-11(20)13-10-21(19(2,3)4)14-9-15(22)12-7-6-8-16(23-5)18(12)17(13)14/h6-9,11,13,22H,10H2,1-5H3. The molecule has 1 N–H and O–H groups in total. The van der Waals surface area contributed by atoms with Gasteiger partial charge in [0.15, 0.2) is 0 Å². The highest BCUT2D eigenvalue weighted by Crippen LogP contribution is 2.51. The number of rotatable bonds is 2. The van der Waals surface area contributed by atoms with Gasteiger partial charge in [0.1, 0.15) is 11.5 Å². The van der Waals surface area contributed by atoms with E-state index in [9.17, 15) is 5.11 Å². The van der Waals surface area contributed by atoms with E-state index in [4.69, 9.17) is 16.3 Å². The minimum atomic E-state index is -0.0442. The van der Waals surface area contributed by atoms with E-state index in [1.807, 2.05) is 31.2 Å². The van der Waals surface area contributed by atoms with Gasteiger partial charge in [0.25, 0.3) is 0 Å². The van der Waals surface area contributed by atoms with Crippen LogP contribution in [0.5, 0.6) is 11.5 Å². The second-order valence-electron chi connectivity index (χ2n) is 7.28. The third kappa shape index (κ3) is 2.51. The molecular weight excluding hydrogens is 310 g/mol. The maximum atomic E-state index is 10.5. The number of aromatic hydroxyl groups is 1. The van der Waals surface area contributed by atoms with Crippen molar-refractivity contribution >= 4 is 28.1 Å². The van der Waals surface area contributed by atoms with Gasteiger partial charge in [-0.05, 0) is 39.3 Å². The number of methoxy groups -OCH3 is 1. The van der Waals surface area contributed by atoms with E-state index in [1.54, 1.807) is 7.11 Å². The van der Waals surface area contributed by atoms with E-state index >= 15 is 0 Å². The van der Waals surface area contributed by atoms with Crippen molar-refractivity contribution in [3.63, 3.8) is 0 Å². The molecule has 2 aromatic carbocycles. The third-order valence-electron chi connectivity index (χ3n) is 4.75. The molecule has 124 valence electrons. The largest absolute Gasteiger partial charge is 0.507 e. The van der Waals surface area contributed by atoms with E-state index in [1.165, 1.54) is 5.56 Å². The number of anilines is 1. The molecule has 0 aromatic heterocycles. The van der Waals surface area contributed by atoms with Crippen LogP contribution in [0, 0.1) is 0 Å². The Balaban J connectivity index is 2.39. The predicted molar refractivity (Wildman–Crippen MR) is 97.3 cm³/mol. The monoisotopic (exact) mass is 333 g/mol. The number of halogens is 1. The van der Waals surface area contributed by atoms with Gasteiger partial charge in [0.2, 0.25) is 0 Å². The molecule has 0 fully saturated rings. The van der Waals surface area contributed by atoms with Crippen molar-refractivity contribution in [2.45, 2.75) is 44.5 Å². The highest BCUT2D eigenvalue weighted by atomic mass is 35.5. The van der Waals surface area contributed by atoms with Crippen molar-refractivity contribution < 1.29 is 9.84 Å². The first-order chi connectivity index (χ1) is 10.8. The molecular formula is C19H24ClNO2. The second-order valence-corrected chi connectivity index (χ2v) is 7.97. The van der Waals surface area contributed by atoms with E-state index in [2.05, 4.69) is 25.7 Å². The molecule has 2 atom stereocenters. The summed E-state index contributed by atoms with van der Waals surface area (Å²) in [6.45, 7) is 9.43. The van der Waals surface area contributed by atoms with Gasteiger partial charge in [-0.25, -0.2) is 0 Å². The zero-order valence-electron chi connectivity index (χ0n) is 14.4. The summed E-state index contributed by atoms with van der Waals surface area (Å²) in [4.78, 5) is 2.33. The topological polar surface area (TPSA) is 32.7 Å². The second kappa shape index (κ2) is 5.48. The number of fused-ring (bicyclic) bond motifs is 3. The Labute approximate surface area is 142 Å². The molecule has 1 aliphatic heterocycles. The Morgan fingerprint density at radius 1 is 1.35 bits per heavy atom. The zero-order valence-corrected chi connectivity index (χ0v) is 15.1. The Hall–Kier alpha value is -1.61. The highest BCUT2D eigenvalue weighted by Gasteiger charge is 2.39. The molecule has 2 aromatic rings. The van der Waals surface area contributed by atoms with Crippen LogP contribution in [0.3, 0.4) is 0 Å². The van der Waals surface area contributed by atoms with Crippen LogP contribution in [0.15, 0.2) is 24.3 Å². The fourth-order valence-electron chi connectivity index (χ4n) is 3.60. The summed E-state index contributed by atoms with van der Waals surface area (Å²) >= 11 is 6.53. The van der Waals surface area contributed by atoms with Crippen LogP contribution >= 0.6 is 11.6 Å². The SMILES string of the molecule is COc1cccc2c(O)cc3c(c12)C(C(C)Cl)CN3C(C)(C)C. The quantitative estimate of drug-likeness (QED) is 0.795. The smallest absolute Gasteiger partial charge is 0.127 e. The maximum absolute atomic E-state index is 10.5.